The SMILES string of the molecule is CC1(C)CCN(c2nc3ccccc3cc2-c2cc(=O)c3c(C(N)=O)nccc3[nH]2)C1. The molecule has 0 radical (unpaired) electrons. The zero-order chi connectivity index (χ0) is 21.8. The predicted octanol–water partition coefficient (Wildman–Crippen LogP) is 3.47. The minimum Gasteiger partial charge on any atom is -0.364 e. The molecule has 1 aliphatic rings. The van der Waals surface area contributed by atoms with Crippen molar-refractivity contribution in [3.8, 4) is 11.3 Å². The Morgan fingerprint density at radius 3 is 2.74 bits per heavy atom. The molecule has 0 spiro atoms. The van der Waals surface area contributed by atoms with Crippen LogP contribution in [-0.2, 0) is 0 Å². The number of hydrogen-bond donors (Lipinski definition) is 2. The van der Waals surface area contributed by atoms with Crippen molar-refractivity contribution in [3.63, 3.8) is 0 Å². The number of pyridine rings is 3. The number of carbonyl (C=O) groups is 1. The molecular weight excluding hydrogens is 390 g/mol. The number of primary amides is 1. The Hall–Kier alpha value is -3.74. The first-order chi connectivity index (χ1) is 14.8. The molecule has 7 nitrogen and oxygen atoms in total. The average molecular weight is 413 g/mol. The number of rotatable bonds is 3. The molecule has 3 N–H and O–H groups in total. The van der Waals surface area contributed by atoms with Crippen LogP contribution >= 0.6 is 0 Å². The van der Waals surface area contributed by atoms with E-state index in [9.17, 15) is 9.59 Å². The molecule has 0 atom stereocenters. The highest BCUT2D eigenvalue weighted by Crippen LogP contribution is 2.37. The molecule has 1 amide bonds. The van der Waals surface area contributed by atoms with Crippen LogP contribution in [0.3, 0.4) is 0 Å². The summed E-state index contributed by atoms with van der Waals surface area (Å²) in [5.41, 5.74) is 8.23. The van der Waals surface area contributed by atoms with Crippen LogP contribution in [-0.4, -0.2) is 33.9 Å². The number of hydrogen-bond acceptors (Lipinski definition) is 5. The number of nitrogens with zero attached hydrogens (tertiary/aromatic N) is 3. The molecule has 31 heavy (non-hydrogen) atoms. The van der Waals surface area contributed by atoms with Crippen LogP contribution in [0, 0.1) is 5.41 Å². The molecule has 4 heterocycles. The van der Waals surface area contributed by atoms with Gasteiger partial charge in [0.15, 0.2) is 5.43 Å². The second-order valence-corrected chi connectivity index (χ2v) is 8.88. The van der Waals surface area contributed by atoms with E-state index in [1.54, 1.807) is 6.07 Å². The number of H-pyrrole nitrogens is 1. The van der Waals surface area contributed by atoms with E-state index in [1.165, 1.54) is 12.3 Å². The van der Waals surface area contributed by atoms with Crippen molar-refractivity contribution in [1.82, 2.24) is 15.0 Å². The Labute approximate surface area is 178 Å². The molecule has 0 saturated carbocycles. The van der Waals surface area contributed by atoms with Crippen molar-refractivity contribution in [2.75, 3.05) is 18.0 Å². The lowest BCUT2D eigenvalue weighted by Gasteiger charge is -2.23. The fourth-order valence-corrected chi connectivity index (χ4v) is 4.37. The highest BCUT2D eigenvalue weighted by atomic mass is 16.1. The summed E-state index contributed by atoms with van der Waals surface area (Å²) >= 11 is 0. The van der Waals surface area contributed by atoms with Gasteiger partial charge in [-0.05, 0) is 30.0 Å². The van der Waals surface area contributed by atoms with Gasteiger partial charge in [-0.25, -0.2) is 4.98 Å². The average Bonchev–Trinajstić information content (AvgIpc) is 3.11. The Morgan fingerprint density at radius 2 is 2.00 bits per heavy atom. The molecule has 3 aromatic heterocycles. The summed E-state index contributed by atoms with van der Waals surface area (Å²) < 4.78 is 0. The standard InChI is InChI=1S/C24H23N5O2/c1-24(2)8-10-29(13-24)23-15(11-14-5-3-4-6-16(14)28-23)18-12-19(30)20-17(27-18)7-9-26-21(20)22(25)31/h3-7,9,11-12H,8,10,13H2,1-2H3,(H2,25,31)(H,27,30). The van der Waals surface area contributed by atoms with Gasteiger partial charge in [-0.2, -0.15) is 0 Å². The number of nitrogens with two attached hydrogens (primary N) is 1. The van der Waals surface area contributed by atoms with Crippen molar-refractivity contribution in [2.45, 2.75) is 20.3 Å². The third-order valence-corrected chi connectivity index (χ3v) is 5.95. The lowest BCUT2D eigenvalue weighted by molar-refractivity contribution is 0.0997. The van der Waals surface area contributed by atoms with Crippen LogP contribution in [0.15, 0.2) is 53.5 Å². The minimum atomic E-state index is -0.726. The van der Waals surface area contributed by atoms with Crippen molar-refractivity contribution in [1.29, 1.82) is 0 Å². The highest BCUT2D eigenvalue weighted by molar-refractivity contribution is 6.04. The largest absolute Gasteiger partial charge is 0.364 e. The molecular formula is C24H23N5O2. The van der Waals surface area contributed by atoms with E-state index in [0.29, 0.717) is 11.2 Å². The molecule has 1 aliphatic heterocycles. The number of carbonyl (C=O) groups excluding carboxylic acids is 1. The number of benzene rings is 1. The van der Waals surface area contributed by atoms with Gasteiger partial charge in [0.05, 0.1) is 22.1 Å². The third kappa shape index (κ3) is 3.32. The van der Waals surface area contributed by atoms with E-state index in [2.05, 4.69) is 34.8 Å². The Kier molecular flexibility index (Phi) is 4.28. The fraction of sp³-hybridized carbons (Fsp3) is 0.250. The molecule has 1 saturated heterocycles. The van der Waals surface area contributed by atoms with Crippen LogP contribution in [0.1, 0.15) is 30.8 Å². The lowest BCUT2D eigenvalue weighted by Crippen LogP contribution is -2.24. The van der Waals surface area contributed by atoms with E-state index in [4.69, 9.17) is 10.7 Å². The maximum absolute atomic E-state index is 13.0. The Balaban J connectivity index is 1.76. The van der Waals surface area contributed by atoms with Gasteiger partial charge in [0.25, 0.3) is 5.91 Å². The number of para-hydroxylation sites is 1. The highest BCUT2D eigenvalue weighted by Gasteiger charge is 2.31. The zero-order valence-electron chi connectivity index (χ0n) is 17.5. The Morgan fingerprint density at radius 1 is 1.19 bits per heavy atom. The van der Waals surface area contributed by atoms with Crippen molar-refractivity contribution < 1.29 is 4.79 Å². The summed E-state index contributed by atoms with van der Waals surface area (Å²) in [7, 11) is 0. The zero-order valence-corrected chi connectivity index (χ0v) is 17.5. The first kappa shape index (κ1) is 19.2. The molecule has 1 fully saturated rings. The summed E-state index contributed by atoms with van der Waals surface area (Å²) in [5.74, 6) is 0.125. The first-order valence-electron chi connectivity index (χ1n) is 10.3. The lowest BCUT2D eigenvalue weighted by atomic mass is 9.93. The fourth-order valence-electron chi connectivity index (χ4n) is 4.37. The van der Waals surface area contributed by atoms with E-state index in [0.717, 1.165) is 41.8 Å². The summed E-state index contributed by atoms with van der Waals surface area (Å²) in [4.78, 5) is 39.3. The number of aromatic amines is 1. The summed E-state index contributed by atoms with van der Waals surface area (Å²) in [5, 5.41) is 1.20. The van der Waals surface area contributed by atoms with Gasteiger partial charge in [-0.3, -0.25) is 14.6 Å². The van der Waals surface area contributed by atoms with E-state index in [1.807, 2.05) is 24.3 Å². The van der Waals surface area contributed by atoms with Crippen LogP contribution in [0.25, 0.3) is 33.1 Å². The first-order valence-corrected chi connectivity index (χ1v) is 10.3. The normalized spacial score (nSPS) is 15.6. The molecule has 7 heteroatoms. The predicted molar refractivity (Wildman–Crippen MR) is 122 cm³/mol. The summed E-state index contributed by atoms with van der Waals surface area (Å²) in [6, 6.07) is 13.2. The molecule has 156 valence electrons. The second-order valence-electron chi connectivity index (χ2n) is 8.88. The maximum atomic E-state index is 13.0. The monoisotopic (exact) mass is 413 g/mol. The van der Waals surface area contributed by atoms with Gasteiger partial charge >= 0.3 is 0 Å². The van der Waals surface area contributed by atoms with Gasteiger partial charge in [0.2, 0.25) is 0 Å². The Bertz CT molecular complexity index is 1410. The van der Waals surface area contributed by atoms with Gasteiger partial charge in [0.1, 0.15) is 11.5 Å². The topological polar surface area (TPSA) is 105 Å². The van der Waals surface area contributed by atoms with E-state index < -0.39 is 5.91 Å². The smallest absolute Gasteiger partial charge is 0.268 e. The maximum Gasteiger partial charge on any atom is 0.268 e. The number of nitrogens with one attached hydrogen (secondary N) is 1. The second kappa shape index (κ2) is 6.91. The van der Waals surface area contributed by atoms with Crippen molar-refractivity contribution >= 4 is 33.5 Å². The third-order valence-electron chi connectivity index (χ3n) is 5.95. The van der Waals surface area contributed by atoms with Crippen LogP contribution in [0.4, 0.5) is 5.82 Å². The van der Waals surface area contributed by atoms with Crippen molar-refractivity contribution in [2.24, 2.45) is 11.1 Å². The van der Waals surface area contributed by atoms with Crippen LogP contribution in [0.2, 0.25) is 0 Å². The molecule has 0 bridgehead atoms. The van der Waals surface area contributed by atoms with Gasteiger partial charge in [0, 0.05) is 36.3 Å². The molecule has 4 aromatic rings. The minimum absolute atomic E-state index is 0.0246. The quantitative estimate of drug-likeness (QED) is 0.535. The van der Waals surface area contributed by atoms with Gasteiger partial charge in [-0.15, -0.1) is 0 Å². The summed E-state index contributed by atoms with van der Waals surface area (Å²) in [6.45, 7) is 6.30. The number of anilines is 1. The molecule has 5 rings (SSSR count). The number of aromatic nitrogens is 3. The molecule has 1 aromatic carbocycles. The molecule has 0 aliphatic carbocycles. The van der Waals surface area contributed by atoms with Crippen LogP contribution in [0.5, 0.6) is 0 Å². The van der Waals surface area contributed by atoms with E-state index in [-0.39, 0.29) is 21.9 Å². The van der Waals surface area contributed by atoms with Gasteiger partial charge in [-0.1, -0.05) is 32.0 Å². The summed E-state index contributed by atoms with van der Waals surface area (Å²) in [6.07, 6.45) is 2.55. The number of fused-ring (bicyclic) bond motifs is 2. The van der Waals surface area contributed by atoms with Gasteiger partial charge < -0.3 is 15.6 Å². The van der Waals surface area contributed by atoms with E-state index >= 15 is 0 Å². The van der Waals surface area contributed by atoms with Crippen LogP contribution < -0.4 is 16.1 Å². The van der Waals surface area contributed by atoms with Crippen molar-refractivity contribution in [3.05, 3.63) is 64.6 Å². The molecule has 0 unspecified atom stereocenters. The number of amides is 1.